The first-order chi connectivity index (χ1) is 17.3. The SMILES string of the molecule is CCC(C)(C)c1ccc(OCCCN2CCC3(CC2)CSC2=C(O3)c3ccccc3C(=O)C2=O)cc1. The fourth-order valence-electron chi connectivity index (χ4n) is 5.13. The van der Waals surface area contributed by atoms with E-state index < -0.39 is 11.6 Å². The van der Waals surface area contributed by atoms with Crippen LogP contribution in [0.5, 0.6) is 5.75 Å². The Kier molecular flexibility index (Phi) is 7.01. The van der Waals surface area contributed by atoms with Gasteiger partial charge in [-0.3, -0.25) is 9.59 Å². The van der Waals surface area contributed by atoms with Crippen LogP contribution in [0, 0.1) is 0 Å². The summed E-state index contributed by atoms with van der Waals surface area (Å²) in [4.78, 5) is 28.1. The summed E-state index contributed by atoms with van der Waals surface area (Å²) in [5.74, 6) is 1.41. The number of fused-ring (bicyclic) bond motifs is 2. The zero-order chi connectivity index (χ0) is 25.3. The lowest BCUT2D eigenvalue weighted by atomic mass is 9.82. The van der Waals surface area contributed by atoms with E-state index >= 15 is 0 Å². The van der Waals surface area contributed by atoms with E-state index in [4.69, 9.17) is 9.47 Å². The van der Waals surface area contributed by atoms with E-state index in [1.54, 1.807) is 12.1 Å². The summed E-state index contributed by atoms with van der Waals surface area (Å²) in [6.45, 7) is 10.4. The van der Waals surface area contributed by atoms with Crippen molar-refractivity contribution < 1.29 is 19.1 Å². The highest BCUT2D eigenvalue weighted by Gasteiger charge is 2.45. The predicted octanol–water partition coefficient (Wildman–Crippen LogP) is 5.88. The van der Waals surface area contributed by atoms with Crippen LogP contribution in [0.4, 0.5) is 0 Å². The molecule has 0 N–H and O–H groups in total. The molecule has 0 amide bonds. The van der Waals surface area contributed by atoms with Gasteiger partial charge in [0, 0.05) is 49.4 Å². The van der Waals surface area contributed by atoms with Crippen molar-refractivity contribution in [1.82, 2.24) is 4.90 Å². The van der Waals surface area contributed by atoms with Gasteiger partial charge in [0.05, 0.1) is 6.61 Å². The van der Waals surface area contributed by atoms with Gasteiger partial charge in [-0.15, -0.1) is 11.8 Å². The van der Waals surface area contributed by atoms with E-state index in [2.05, 4.69) is 49.9 Å². The maximum Gasteiger partial charge on any atom is 0.243 e. The number of thioether (sulfide) groups is 1. The molecular formula is C30H35NO4S. The van der Waals surface area contributed by atoms with Crippen LogP contribution >= 0.6 is 11.8 Å². The molecular weight excluding hydrogens is 470 g/mol. The van der Waals surface area contributed by atoms with E-state index in [9.17, 15) is 9.59 Å². The maximum atomic E-state index is 12.6. The number of hydrogen-bond donors (Lipinski definition) is 0. The van der Waals surface area contributed by atoms with Gasteiger partial charge in [0.15, 0.2) is 0 Å². The van der Waals surface area contributed by atoms with Crippen molar-refractivity contribution in [2.24, 2.45) is 0 Å². The molecule has 2 aromatic carbocycles. The molecule has 0 bridgehead atoms. The third kappa shape index (κ3) is 4.85. The highest BCUT2D eigenvalue weighted by Crippen LogP contribution is 2.47. The molecule has 36 heavy (non-hydrogen) atoms. The van der Waals surface area contributed by atoms with E-state index in [-0.39, 0.29) is 11.0 Å². The van der Waals surface area contributed by atoms with Crippen LogP contribution in [-0.4, -0.2) is 54.1 Å². The number of hydrogen-bond acceptors (Lipinski definition) is 6. The molecule has 0 radical (unpaired) electrons. The molecule has 0 aromatic heterocycles. The Bertz CT molecular complexity index is 1180. The van der Waals surface area contributed by atoms with Crippen LogP contribution in [0.3, 0.4) is 0 Å². The Hall–Kier alpha value is -2.57. The number of benzene rings is 2. The Morgan fingerprint density at radius 1 is 1.00 bits per heavy atom. The van der Waals surface area contributed by atoms with Crippen LogP contribution in [0.15, 0.2) is 53.4 Å². The smallest absolute Gasteiger partial charge is 0.243 e. The van der Waals surface area contributed by atoms with Crippen molar-refractivity contribution in [1.29, 1.82) is 0 Å². The maximum absolute atomic E-state index is 12.6. The van der Waals surface area contributed by atoms with Gasteiger partial charge in [0.25, 0.3) is 0 Å². The van der Waals surface area contributed by atoms with Crippen molar-refractivity contribution in [2.75, 3.05) is 32.0 Å². The van der Waals surface area contributed by atoms with Crippen molar-refractivity contribution in [3.63, 3.8) is 0 Å². The summed E-state index contributed by atoms with van der Waals surface area (Å²) in [5.41, 5.74) is 2.47. The van der Waals surface area contributed by atoms with Gasteiger partial charge in [0.2, 0.25) is 11.6 Å². The Morgan fingerprint density at radius 3 is 2.39 bits per heavy atom. The number of Topliss-reactive ketones (excluding diaryl/α,β-unsaturated/α-hetero) is 2. The third-order valence-corrected chi connectivity index (χ3v) is 9.34. The third-order valence-electron chi connectivity index (χ3n) is 8.01. The molecule has 190 valence electrons. The zero-order valence-corrected chi connectivity index (χ0v) is 22.3. The number of allylic oxidation sites excluding steroid dienone is 1. The van der Waals surface area contributed by atoms with Crippen LogP contribution in [0.1, 0.15) is 67.9 Å². The minimum absolute atomic E-state index is 0.191. The first-order valence-corrected chi connectivity index (χ1v) is 14.0. The second-order valence-electron chi connectivity index (χ2n) is 10.7. The Balaban J connectivity index is 1.12. The van der Waals surface area contributed by atoms with E-state index in [0.29, 0.717) is 22.8 Å². The second-order valence-corrected chi connectivity index (χ2v) is 11.7. The summed E-state index contributed by atoms with van der Waals surface area (Å²) >= 11 is 1.50. The number of likely N-dealkylation sites (tertiary alicyclic amines) is 1. The number of ether oxygens (including phenoxy) is 2. The molecule has 1 spiro atoms. The van der Waals surface area contributed by atoms with Crippen LogP contribution in [0.25, 0.3) is 5.76 Å². The quantitative estimate of drug-likeness (QED) is 0.346. The first kappa shape index (κ1) is 25.1. The lowest BCUT2D eigenvalue weighted by Gasteiger charge is -2.45. The number of piperidine rings is 1. The summed E-state index contributed by atoms with van der Waals surface area (Å²) in [5, 5.41) is 0. The molecule has 0 unspecified atom stereocenters. The average Bonchev–Trinajstić information content (AvgIpc) is 2.91. The standard InChI is InChI=1S/C30H35NO4S/c1-4-29(2,3)21-10-12-22(13-11-21)34-19-7-16-31-17-14-30(15-18-31)20-36-28-26(33)25(32)23-8-5-6-9-24(23)27(28)35-30/h5-6,8-13H,4,7,14-20H2,1-3H3. The molecule has 6 heteroatoms. The molecule has 0 atom stereocenters. The van der Waals surface area contributed by atoms with Crippen molar-refractivity contribution >= 4 is 29.1 Å². The highest BCUT2D eigenvalue weighted by atomic mass is 32.2. The molecule has 5 nitrogen and oxygen atoms in total. The van der Waals surface area contributed by atoms with E-state index in [1.807, 2.05) is 12.1 Å². The number of rotatable bonds is 7. The van der Waals surface area contributed by atoms with Gasteiger partial charge in [0.1, 0.15) is 22.0 Å². The molecule has 0 saturated carbocycles. The molecule has 2 heterocycles. The van der Waals surface area contributed by atoms with E-state index in [0.717, 1.165) is 62.4 Å². The van der Waals surface area contributed by atoms with Gasteiger partial charge in [-0.05, 0) is 36.0 Å². The summed E-state index contributed by atoms with van der Waals surface area (Å²) < 4.78 is 12.6. The molecule has 3 aliphatic rings. The summed E-state index contributed by atoms with van der Waals surface area (Å²) in [6.07, 6.45) is 3.91. The number of carbonyl (C=O) groups is 2. The van der Waals surface area contributed by atoms with Gasteiger partial charge in [-0.2, -0.15) is 0 Å². The van der Waals surface area contributed by atoms with Crippen molar-refractivity contribution in [2.45, 2.75) is 57.5 Å². The van der Waals surface area contributed by atoms with Crippen LogP contribution in [0.2, 0.25) is 0 Å². The normalized spacial score (nSPS) is 19.6. The lowest BCUT2D eigenvalue weighted by Crippen LogP contribution is -2.49. The van der Waals surface area contributed by atoms with Crippen molar-refractivity contribution in [3.05, 3.63) is 70.1 Å². The number of ketones is 2. The van der Waals surface area contributed by atoms with E-state index in [1.165, 1.54) is 17.3 Å². The minimum Gasteiger partial charge on any atom is -0.494 e. The molecule has 1 saturated heterocycles. The van der Waals surface area contributed by atoms with Crippen LogP contribution < -0.4 is 4.74 Å². The fourth-order valence-corrected chi connectivity index (χ4v) is 6.39. The largest absolute Gasteiger partial charge is 0.494 e. The molecule has 2 aliphatic heterocycles. The first-order valence-electron chi connectivity index (χ1n) is 13.0. The second kappa shape index (κ2) is 10.1. The Morgan fingerprint density at radius 2 is 1.69 bits per heavy atom. The van der Waals surface area contributed by atoms with Gasteiger partial charge in [-0.1, -0.05) is 57.2 Å². The topological polar surface area (TPSA) is 55.8 Å². The van der Waals surface area contributed by atoms with Gasteiger partial charge < -0.3 is 14.4 Å². The fraction of sp³-hybridized carbons (Fsp3) is 0.467. The summed E-state index contributed by atoms with van der Waals surface area (Å²) in [6, 6.07) is 15.8. The predicted molar refractivity (Wildman–Crippen MR) is 145 cm³/mol. The monoisotopic (exact) mass is 505 g/mol. The number of nitrogens with zero attached hydrogens (tertiary/aromatic N) is 1. The molecule has 5 rings (SSSR count). The molecule has 1 aliphatic carbocycles. The Labute approximate surface area is 218 Å². The number of carbonyl (C=O) groups excluding carboxylic acids is 2. The van der Waals surface area contributed by atoms with Crippen molar-refractivity contribution in [3.8, 4) is 5.75 Å². The molecule has 1 fully saturated rings. The average molecular weight is 506 g/mol. The van der Waals surface area contributed by atoms with Gasteiger partial charge in [-0.25, -0.2) is 0 Å². The minimum atomic E-state index is -0.426. The molecule has 2 aromatic rings. The highest BCUT2D eigenvalue weighted by molar-refractivity contribution is 8.04. The lowest BCUT2D eigenvalue weighted by molar-refractivity contribution is -0.111. The zero-order valence-electron chi connectivity index (χ0n) is 21.5. The van der Waals surface area contributed by atoms with Gasteiger partial charge >= 0.3 is 0 Å². The van der Waals surface area contributed by atoms with Crippen LogP contribution in [-0.2, 0) is 14.9 Å². The summed E-state index contributed by atoms with van der Waals surface area (Å²) in [7, 11) is 0.